The zero-order valence-electron chi connectivity index (χ0n) is 14.3. The molecule has 3 rings (SSSR count). The van der Waals surface area contributed by atoms with Crippen LogP contribution in [0.5, 0.6) is 0 Å². The number of carbonyl (C=O) groups excluding carboxylic acids is 2. The van der Waals surface area contributed by atoms with Crippen LogP contribution >= 0.6 is 0 Å². The maximum Gasteiger partial charge on any atom is 0.222 e. The van der Waals surface area contributed by atoms with Crippen LogP contribution in [-0.2, 0) is 16.0 Å². The third-order valence-corrected chi connectivity index (χ3v) is 5.34. The normalized spacial score (nSPS) is 22.1. The Hall–Kier alpha value is -1.88. The molecule has 1 unspecified atom stereocenters. The predicted octanol–water partition coefficient (Wildman–Crippen LogP) is 1.94. The summed E-state index contributed by atoms with van der Waals surface area (Å²) in [7, 11) is 0. The highest BCUT2D eigenvalue weighted by Crippen LogP contribution is 2.32. The summed E-state index contributed by atoms with van der Waals surface area (Å²) in [5.74, 6) is -0.111. The van der Waals surface area contributed by atoms with Crippen molar-refractivity contribution in [3.05, 3.63) is 35.4 Å². The highest BCUT2D eigenvalue weighted by Gasteiger charge is 2.33. The molecule has 1 aromatic rings. The monoisotopic (exact) mass is 330 g/mol. The molecule has 0 spiro atoms. The first-order valence-corrected chi connectivity index (χ1v) is 8.83. The standard InChI is InChI=1S/C19H26N2O3/c1-14(22)21-11-8-15-6-2-3-7-16(15)17(21)12-18(23)20-13-19(24)9-4-5-10-19/h2-3,6-7,17,24H,4-5,8-13H2,1H3,(H,20,23). The van der Waals surface area contributed by atoms with Crippen LogP contribution in [0.3, 0.4) is 0 Å². The molecule has 0 aromatic heterocycles. The molecule has 24 heavy (non-hydrogen) atoms. The van der Waals surface area contributed by atoms with Gasteiger partial charge in [-0.15, -0.1) is 0 Å². The first-order chi connectivity index (χ1) is 11.5. The number of nitrogens with zero attached hydrogens (tertiary/aromatic N) is 1. The summed E-state index contributed by atoms with van der Waals surface area (Å²) in [4.78, 5) is 26.2. The molecule has 2 aliphatic rings. The molecule has 1 aromatic carbocycles. The zero-order chi connectivity index (χ0) is 17.2. The molecule has 1 fully saturated rings. The number of rotatable bonds is 4. The van der Waals surface area contributed by atoms with Gasteiger partial charge in [-0.1, -0.05) is 37.1 Å². The molecular weight excluding hydrogens is 304 g/mol. The van der Waals surface area contributed by atoms with Crippen molar-refractivity contribution >= 4 is 11.8 Å². The Morgan fingerprint density at radius 1 is 1.29 bits per heavy atom. The van der Waals surface area contributed by atoms with Gasteiger partial charge in [0.05, 0.1) is 18.1 Å². The Bertz CT molecular complexity index is 623. The predicted molar refractivity (Wildman–Crippen MR) is 91.3 cm³/mol. The van der Waals surface area contributed by atoms with Crippen LogP contribution in [-0.4, -0.2) is 40.5 Å². The van der Waals surface area contributed by atoms with Gasteiger partial charge in [0.1, 0.15) is 0 Å². The lowest BCUT2D eigenvalue weighted by atomic mass is 9.90. The van der Waals surface area contributed by atoms with E-state index in [2.05, 4.69) is 11.4 Å². The molecule has 1 saturated carbocycles. The maximum absolute atomic E-state index is 12.4. The lowest BCUT2D eigenvalue weighted by Crippen LogP contribution is -2.44. The van der Waals surface area contributed by atoms with E-state index in [9.17, 15) is 14.7 Å². The molecule has 1 aliphatic heterocycles. The lowest BCUT2D eigenvalue weighted by molar-refractivity contribution is -0.133. The van der Waals surface area contributed by atoms with Gasteiger partial charge < -0.3 is 15.3 Å². The number of hydrogen-bond acceptors (Lipinski definition) is 3. The van der Waals surface area contributed by atoms with E-state index >= 15 is 0 Å². The van der Waals surface area contributed by atoms with Gasteiger partial charge >= 0.3 is 0 Å². The second kappa shape index (κ2) is 6.93. The van der Waals surface area contributed by atoms with E-state index in [-0.39, 0.29) is 24.3 Å². The number of amides is 2. The van der Waals surface area contributed by atoms with Crippen LogP contribution < -0.4 is 5.32 Å². The van der Waals surface area contributed by atoms with Crippen molar-refractivity contribution in [2.75, 3.05) is 13.1 Å². The quantitative estimate of drug-likeness (QED) is 0.886. The molecule has 5 nitrogen and oxygen atoms in total. The summed E-state index contributed by atoms with van der Waals surface area (Å²) in [6.07, 6.45) is 4.60. The molecule has 5 heteroatoms. The van der Waals surface area contributed by atoms with Crippen molar-refractivity contribution in [2.24, 2.45) is 0 Å². The Balaban J connectivity index is 1.68. The highest BCUT2D eigenvalue weighted by atomic mass is 16.3. The Kier molecular flexibility index (Phi) is 4.90. The van der Waals surface area contributed by atoms with Gasteiger partial charge in [0.2, 0.25) is 11.8 Å². The molecule has 0 radical (unpaired) electrons. The Morgan fingerprint density at radius 3 is 2.71 bits per heavy atom. The van der Waals surface area contributed by atoms with E-state index < -0.39 is 5.60 Å². The lowest BCUT2D eigenvalue weighted by Gasteiger charge is -2.36. The number of hydrogen-bond donors (Lipinski definition) is 2. The smallest absolute Gasteiger partial charge is 0.222 e. The zero-order valence-corrected chi connectivity index (χ0v) is 14.3. The number of nitrogens with one attached hydrogen (secondary N) is 1. The van der Waals surface area contributed by atoms with Gasteiger partial charge in [-0.2, -0.15) is 0 Å². The van der Waals surface area contributed by atoms with Gasteiger partial charge in [0.25, 0.3) is 0 Å². The largest absolute Gasteiger partial charge is 0.388 e. The topological polar surface area (TPSA) is 69.6 Å². The van der Waals surface area contributed by atoms with E-state index in [4.69, 9.17) is 0 Å². The molecule has 2 N–H and O–H groups in total. The average Bonchev–Trinajstić information content (AvgIpc) is 3.00. The van der Waals surface area contributed by atoms with Crippen molar-refractivity contribution in [3.63, 3.8) is 0 Å². The van der Waals surface area contributed by atoms with Crippen LogP contribution in [0.15, 0.2) is 24.3 Å². The van der Waals surface area contributed by atoms with Gasteiger partial charge in [0, 0.05) is 20.0 Å². The number of benzene rings is 1. The maximum atomic E-state index is 12.4. The summed E-state index contributed by atoms with van der Waals surface area (Å²) in [6.45, 7) is 2.51. The fourth-order valence-corrected chi connectivity index (χ4v) is 3.97. The Labute approximate surface area is 143 Å². The van der Waals surface area contributed by atoms with E-state index in [0.29, 0.717) is 13.1 Å². The van der Waals surface area contributed by atoms with Crippen molar-refractivity contribution < 1.29 is 14.7 Å². The Morgan fingerprint density at radius 2 is 2.00 bits per heavy atom. The van der Waals surface area contributed by atoms with Gasteiger partial charge in [-0.05, 0) is 30.4 Å². The third kappa shape index (κ3) is 3.61. The molecular formula is C19H26N2O3. The first-order valence-electron chi connectivity index (χ1n) is 8.83. The van der Waals surface area contributed by atoms with Crippen LogP contribution in [0.4, 0.5) is 0 Å². The summed E-state index contributed by atoms with van der Waals surface area (Å²) in [5.41, 5.74) is 1.52. The van der Waals surface area contributed by atoms with Crippen LogP contribution in [0, 0.1) is 0 Å². The minimum Gasteiger partial charge on any atom is -0.388 e. The number of carbonyl (C=O) groups is 2. The fraction of sp³-hybridized carbons (Fsp3) is 0.579. The van der Waals surface area contributed by atoms with Gasteiger partial charge in [0.15, 0.2) is 0 Å². The fourth-order valence-electron chi connectivity index (χ4n) is 3.97. The highest BCUT2D eigenvalue weighted by molar-refractivity contribution is 5.79. The van der Waals surface area contributed by atoms with Gasteiger partial charge in [-0.25, -0.2) is 0 Å². The van der Waals surface area contributed by atoms with Crippen molar-refractivity contribution in [1.29, 1.82) is 0 Å². The third-order valence-electron chi connectivity index (χ3n) is 5.34. The van der Waals surface area contributed by atoms with Crippen LogP contribution in [0.1, 0.15) is 56.2 Å². The minimum atomic E-state index is -0.750. The van der Waals surface area contributed by atoms with E-state index in [0.717, 1.165) is 37.7 Å². The van der Waals surface area contributed by atoms with Crippen LogP contribution in [0.25, 0.3) is 0 Å². The van der Waals surface area contributed by atoms with Crippen molar-refractivity contribution in [3.8, 4) is 0 Å². The summed E-state index contributed by atoms with van der Waals surface area (Å²) >= 11 is 0. The molecule has 130 valence electrons. The first kappa shape index (κ1) is 17.0. The van der Waals surface area contributed by atoms with Crippen molar-refractivity contribution in [1.82, 2.24) is 10.2 Å². The second-order valence-corrected chi connectivity index (χ2v) is 7.09. The summed E-state index contributed by atoms with van der Waals surface area (Å²) in [5, 5.41) is 13.2. The van der Waals surface area contributed by atoms with Crippen molar-refractivity contribution in [2.45, 2.75) is 57.1 Å². The van der Waals surface area contributed by atoms with Crippen LogP contribution in [0.2, 0.25) is 0 Å². The molecule has 0 bridgehead atoms. The number of fused-ring (bicyclic) bond motifs is 1. The second-order valence-electron chi connectivity index (χ2n) is 7.09. The minimum absolute atomic E-state index is 0.00303. The molecule has 1 atom stereocenters. The number of aliphatic hydroxyl groups is 1. The SMILES string of the molecule is CC(=O)N1CCc2ccccc2C1CC(=O)NCC1(O)CCCC1. The van der Waals surface area contributed by atoms with Gasteiger partial charge in [-0.3, -0.25) is 9.59 Å². The summed E-state index contributed by atoms with van der Waals surface area (Å²) < 4.78 is 0. The molecule has 0 saturated heterocycles. The molecule has 1 heterocycles. The molecule has 1 aliphatic carbocycles. The van der Waals surface area contributed by atoms with E-state index in [1.165, 1.54) is 5.56 Å². The summed E-state index contributed by atoms with van der Waals surface area (Å²) in [6, 6.07) is 7.81. The van der Waals surface area contributed by atoms with E-state index in [1.807, 2.05) is 18.2 Å². The van der Waals surface area contributed by atoms with E-state index in [1.54, 1.807) is 11.8 Å². The average molecular weight is 330 g/mol. The molecule has 2 amide bonds.